The van der Waals surface area contributed by atoms with Crippen LogP contribution in [0.25, 0.3) is 0 Å². The van der Waals surface area contributed by atoms with E-state index in [4.69, 9.17) is 5.11 Å². The van der Waals surface area contributed by atoms with E-state index in [1.54, 1.807) is 17.8 Å². The van der Waals surface area contributed by atoms with Crippen LogP contribution in [0.2, 0.25) is 0 Å². The Labute approximate surface area is 90.2 Å². The van der Waals surface area contributed by atoms with Gasteiger partial charge in [0.05, 0.1) is 0 Å². The Balaban J connectivity index is 3.32. The number of rotatable bonds is 8. The number of carboxylic acids is 1. The first-order chi connectivity index (χ1) is 6.70. The standard InChI is InChI=1S/C10H19NO2S/c1-3-11(4-2)7-9-14-8-5-6-10(12)13/h5-6H,3-4,7-9H2,1-2H3,(H,12,13)/b6-5+. The molecular weight excluding hydrogens is 198 g/mol. The third-order valence-corrected chi connectivity index (χ3v) is 2.82. The summed E-state index contributed by atoms with van der Waals surface area (Å²) in [5.74, 6) is 0.980. The lowest BCUT2D eigenvalue weighted by Gasteiger charge is -2.16. The maximum absolute atomic E-state index is 10.1. The van der Waals surface area contributed by atoms with E-state index < -0.39 is 5.97 Å². The third-order valence-electron chi connectivity index (χ3n) is 1.92. The zero-order valence-electron chi connectivity index (χ0n) is 8.90. The Hall–Kier alpha value is -0.480. The van der Waals surface area contributed by atoms with Crippen LogP contribution in [0.15, 0.2) is 12.2 Å². The highest BCUT2D eigenvalue weighted by Gasteiger charge is 1.97. The highest BCUT2D eigenvalue weighted by Crippen LogP contribution is 2.01. The second kappa shape index (κ2) is 9.09. The number of carbonyl (C=O) groups is 1. The molecule has 0 aliphatic carbocycles. The van der Waals surface area contributed by atoms with Crippen molar-refractivity contribution in [3.8, 4) is 0 Å². The first-order valence-corrected chi connectivity index (χ1v) is 6.05. The van der Waals surface area contributed by atoms with Crippen LogP contribution in [0.5, 0.6) is 0 Å². The van der Waals surface area contributed by atoms with Gasteiger partial charge >= 0.3 is 5.97 Å². The van der Waals surface area contributed by atoms with Gasteiger partial charge in [0.15, 0.2) is 0 Å². The molecule has 0 radical (unpaired) electrons. The van der Waals surface area contributed by atoms with E-state index in [-0.39, 0.29) is 0 Å². The lowest BCUT2D eigenvalue weighted by Crippen LogP contribution is -2.25. The molecular formula is C10H19NO2S. The minimum Gasteiger partial charge on any atom is -0.478 e. The second-order valence-electron chi connectivity index (χ2n) is 2.84. The van der Waals surface area contributed by atoms with E-state index in [2.05, 4.69) is 18.7 Å². The molecule has 0 bridgehead atoms. The molecule has 0 spiro atoms. The summed E-state index contributed by atoms with van der Waals surface area (Å²) in [6.45, 7) is 7.56. The zero-order chi connectivity index (χ0) is 10.8. The van der Waals surface area contributed by atoms with Gasteiger partial charge in [0.2, 0.25) is 0 Å². The fourth-order valence-electron chi connectivity index (χ4n) is 1.03. The fourth-order valence-corrected chi connectivity index (χ4v) is 1.82. The summed E-state index contributed by atoms with van der Waals surface area (Å²) in [5.41, 5.74) is 0. The minimum atomic E-state index is -0.866. The molecule has 14 heavy (non-hydrogen) atoms. The van der Waals surface area contributed by atoms with Crippen molar-refractivity contribution < 1.29 is 9.90 Å². The van der Waals surface area contributed by atoms with Gasteiger partial charge in [0.1, 0.15) is 0 Å². The normalized spacial score (nSPS) is 11.4. The molecule has 0 heterocycles. The second-order valence-corrected chi connectivity index (χ2v) is 3.99. The van der Waals surface area contributed by atoms with Crippen molar-refractivity contribution >= 4 is 17.7 Å². The Morgan fingerprint density at radius 3 is 2.57 bits per heavy atom. The molecule has 0 saturated carbocycles. The highest BCUT2D eigenvalue weighted by atomic mass is 32.2. The monoisotopic (exact) mass is 217 g/mol. The van der Waals surface area contributed by atoms with Crippen molar-refractivity contribution in [3.63, 3.8) is 0 Å². The van der Waals surface area contributed by atoms with E-state index >= 15 is 0 Å². The molecule has 0 saturated heterocycles. The van der Waals surface area contributed by atoms with E-state index in [0.29, 0.717) is 0 Å². The first kappa shape index (κ1) is 13.5. The van der Waals surface area contributed by atoms with Crippen molar-refractivity contribution in [1.82, 2.24) is 4.90 Å². The fraction of sp³-hybridized carbons (Fsp3) is 0.700. The summed E-state index contributed by atoms with van der Waals surface area (Å²) in [6.07, 6.45) is 2.89. The maximum atomic E-state index is 10.1. The molecule has 82 valence electrons. The predicted molar refractivity (Wildman–Crippen MR) is 61.9 cm³/mol. The van der Waals surface area contributed by atoms with Crippen LogP contribution >= 0.6 is 11.8 Å². The Morgan fingerprint density at radius 2 is 2.07 bits per heavy atom. The van der Waals surface area contributed by atoms with E-state index in [1.165, 1.54) is 6.08 Å². The Bertz CT molecular complexity index is 179. The van der Waals surface area contributed by atoms with Crippen LogP contribution in [0.3, 0.4) is 0 Å². The summed E-state index contributed by atoms with van der Waals surface area (Å²) < 4.78 is 0. The lowest BCUT2D eigenvalue weighted by molar-refractivity contribution is -0.131. The van der Waals surface area contributed by atoms with Crippen molar-refractivity contribution in [2.45, 2.75) is 13.8 Å². The van der Waals surface area contributed by atoms with Crippen LogP contribution in [0.4, 0.5) is 0 Å². The number of nitrogens with zero attached hydrogens (tertiary/aromatic N) is 1. The summed E-state index contributed by atoms with van der Waals surface area (Å²) in [4.78, 5) is 12.5. The molecule has 0 aliphatic rings. The molecule has 0 aromatic rings. The van der Waals surface area contributed by atoms with Crippen molar-refractivity contribution in [1.29, 1.82) is 0 Å². The molecule has 0 fully saturated rings. The zero-order valence-corrected chi connectivity index (χ0v) is 9.72. The van der Waals surface area contributed by atoms with Gasteiger partial charge in [-0.25, -0.2) is 4.79 Å². The Morgan fingerprint density at radius 1 is 1.43 bits per heavy atom. The van der Waals surface area contributed by atoms with Crippen LogP contribution in [0.1, 0.15) is 13.8 Å². The van der Waals surface area contributed by atoms with Gasteiger partial charge in [-0.2, -0.15) is 11.8 Å². The maximum Gasteiger partial charge on any atom is 0.328 e. The number of hydrogen-bond donors (Lipinski definition) is 1. The molecule has 0 aromatic carbocycles. The third kappa shape index (κ3) is 8.13. The number of thioether (sulfide) groups is 1. The van der Waals surface area contributed by atoms with Crippen molar-refractivity contribution in [3.05, 3.63) is 12.2 Å². The van der Waals surface area contributed by atoms with Gasteiger partial charge in [-0.15, -0.1) is 0 Å². The average Bonchev–Trinajstić information content (AvgIpc) is 2.16. The predicted octanol–water partition coefficient (Wildman–Crippen LogP) is 1.70. The summed E-state index contributed by atoms with van der Waals surface area (Å²) >= 11 is 1.76. The summed E-state index contributed by atoms with van der Waals surface area (Å²) in [5, 5.41) is 8.33. The van der Waals surface area contributed by atoms with Crippen LogP contribution < -0.4 is 0 Å². The smallest absolute Gasteiger partial charge is 0.328 e. The molecule has 3 nitrogen and oxygen atoms in total. The van der Waals surface area contributed by atoms with E-state index in [0.717, 1.165) is 31.1 Å². The average molecular weight is 217 g/mol. The molecule has 0 aromatic heterocycles. The highest BCUT2D eigenvalue weighted by molar-refractivity contribution is 7.99. The van der Waals surface area contributed by atoms with Gasteiger partial charge in [0.25, 0.3) is 0 Å². The van der Waals surface area contributed by atoms with Crippen LogP contribution in [-0.2, 0) is 4.79 Å². The first-order valence-electron chi connectivity index (χ1n) is 4.90. The van der Waals surface area contributed by atoms with E-state index in [1.807, 2.05) is 0 Å². The van der Waals surface area contributed by atoms with Crippen LogP contribution in [0, 0.1) is 0 Å². The summed E-state index contributed by atoms with van der Waals surface area (Å²) in [6, 6.07) is 0. The molecule has 1 N–H and O–H groups in total. The number of carboxylic acid groups (broad SMARTS) is 1. The molecule has 0 aliphatic heterocycles. The quantitative estimate of drug-likeness (QED) is 0.496. The number of hydrogen-bond acceptors (Lipinski definition) is 3. The number of aliphatic carboxylic acids is 1. The molecule has 0 amide bonds. The Kier molecular flexibility index (Phi) is 8.78. The molecule has 4 heteroatoms. The largest absolute Gasteiger partial charge is 0.478 e. The topological polar surface area (TPSA) is 40.5 Å². The van der Waals surface area contributed by atoms with Gasteiger partial charge in [-0.3, -0.25) is 0 Å². The van der Waals surface area contributed by atoms with Crippen molar-refractivity contribution in [2.75, 3.05) is 31.1 Å². The summed E-state index contributed by atoms with van der Waals surface area (Å²) in [7, 11) is 0. The van der Waals surface area contributed by atoms with Gasteiger partial charge in [0, 0.05) is 24.1 Å². The minimum absolute atomic E-state index is 0.785. The van der Waals surface area contributed by atoms with E-state index in [9.17, 15) is 4.79 Å². The lowest BCUT2D eigenvalue weighted by atomic mass is 10.5. The van der Waals surface area contributed by atoms with Gasteiger partial charge in [-0.1, -0.05) is 19.9 Å². The molecule has 0 rings (SSSR count). The SMILES string of the molecule is CCN(CC)CCSC/C=C/C(=O)O. The van der Waals surface area contributed by atoms with Crippen LogP contribution in [-0.4, -0.2) is 47.1 Å². The molecule has 0 unspecified atom stereocenters. The van der Waals surface area contributed by atoms with Gasteiger partial charge < -0.3 is 10.0 Å². The van der Waals surface area contributed by atoms with Crippen molar-refractivity contribution in [2.24, 2.45) is 0 Å². The molecule has 0 atom stereocenters. The van der Waals surface area contributed by atoms with Gasteiger partial charge in [-0.05, 0) is 13.1 Å².